The van der Waals surface area contributed by atoms with Gasteiger partial charge in [-0.3, -0.25) is 4.79 Å². The topological polar surface area (TPSA) is 85.8 Å². The second kappa shape index (κ2) is 6.04. The van der Waals surface area contributed by atoms with Crippen LogP contribution in [-0.2, 0) is 6.42 Å². The summed E-state index contributed by atoms with van der Waals surface area (Å²) in [5.74, 6) is 1.80. The van der Waals surface area contributed by atoms with E-state index in [1.807, 2.05) is 38.1 Å². The Labute approximate surface area is 133 Å². The highest BCUT2D eigenvalue weighted by Gasteiger charge is 2.17. The molecular formula is C16H17N5O2. The third-order valence-electron chi connectivity index (χ3n) is 3.52. The maximum atomic E-state index is 12.5. The van der Waals surface area contributed by atoms with Gasteiger partial charge in [0, 0.05) is 6.42 Å². The zero-order valence-corrected chi connectivity index (χ0v) is 13.2. The van der Waals surface area contributed by atoms with E-state index in [1.165, 1.54) is 0 Å². The fourth-order valence-electron chi connectivity index (χ4n) is 2.42. The zero-order valence-electron chi connectivity index (χ0n) is 13.2. The third-order valence-corrected chi connectivity index (χ3v) is 3.52. The Morgan fingerprint density at radius 1 is 1.30 bits per heavy atom. The number of benzene rings is 1. The minimum Gasteiger partial charge on any atom is -0.466 e. The lowest BCUT2D eigenvalue weighted by Gasteiger charge is -2.11. The van der Waals surface area contributed by atoms with E-state index in [4.69, 9.17) is 4.42 Å². The molecule has 0 unspecified atom stereocenters. The molecule has 2 heterocycles. The number of tetrazole rings is 1. The molecule has 1 N–H and O–H groups in total. The highest BCUT2D eigenvalue weighted by Crippen LogP contribution is 2.22. The summed E-state index contributed by atoms with van der Waals surface area (Å²) in [5, 5.41) is 14.6. The molecule has 118 valence electrons. The number of rotatable bonds is 4. The molecule has 0 bridgehead atoms. The van der Waals surface area contributed by atoms with Gasteiger partial charge in [0.1, 0.15) is 11.5 Å². The molecule has 2 aromatic heterocycles. The maximum absolute atomic E-state index is 12.5. The van der Waals surface area contributed by atoms with Gasteiger partial charge in [0.05, 0.1) is 16.9 Å². The molecule has 0 saturated carbocycles. The molecule has 7 heteroatoms. The lowest BCUT2D eigenvalue weighted by atomic mass is 10.2. The monoisotopic (exact) mass is 311 g/mol. The number of hydrogen-bond donors (Lipinski definition) is 1. The number of para-hydroxylation sites is 2. The number of carbonyl (C=O) groups excluding carboxylic acids is 1. The van der Waals surface area contributed by atoms with Crippen molar-refractivity contribution in [3.05, 3.63) is 53.2 Å². The average molecular weight is 311 g/mol. The molecule has 1 aromatic carbocycles. The predicted octanol–water partition coefficient (Wildman–Crippen LogP) is 2.69. The summed E-state index contributed by atoms with van der Waals surface area (Å²) in [6, 6.07) is 9.12. The van der Waals surface area contributed by atoms with Crippen LogP contribution in [0.1, 0.15) is 34.6 Å². The van der Waals surface area contributed by atoms with Gasteiger partial charge in [-0.2, -0.15) is 4.68 Å². The second-order valence-electron chi connectivity index (χ2n) is 5.16. The third kappa shape index (κ3) is 2.85. The van der Waals surface area contributed by atoms with E-state index >= 15 is 0 Å². The number of aromatic nitrogens is 4. The van der Waals surface area contributed by atoms with Crippen molar-refractivity contribution >= 4 is 11.6 Å². The maximum Gasteiger partial charge on any atom is 0.259 e. The van der Waals surface area contributed by atoms with Gasteiger partial charge >= 0.3 is 0 Å². The highest BCUT2D eigenvalue weighted by molar-refractivity contribution is 6.06. The van der Waals surface area contributed by atoms with Crippen molar-refractivity contribution in [2.24, 2.45) is 0 Å². The number of furan rings is 1. The normalized spacial score (nSPS) is 10.7. The van der Waals surface area contributed by atoms with Gasteiger partial charge in [-0.1, -0.05) is 19.1 Å². The van der Waals surface area contributed by atoms with Crippen molar-refractivity contribution in [1.82, 2.24) is 20.2 Å². The molecule has 1 amide bonds. The van der Waals surface area contributed by atoms with Crippen molar-refractivity contribution in [2.45, 2.75) is 27.2 Å². The van der Waals surface area contributed by atoms with E-state index in [9.17, 15) is 4.79 Å². The average Bonchev–Trinajstić information content (AvgIpc) is 3.13. The summed E-state index contributed by atoms with van der Waals surface area (Å²) >= 11 is 0. The fraction of sp³-hybridized carbons (Fsp3) is 0.250. The van der Waals surface area contributed by atoms with Crippen LogP contribution >= 0.6 is 0 Å². The molecule has 0 aliphatic rings. The molecule has 0 radical (unpaired) electrons. The van der Waals surface area contributed by atoms with Gasteiger partial charge in [0.2, 0.25) is 0 Å². The number of amides is 1. The molecule has 3 rings (SSSR count). The molecule has 23 heavy (non-hydrogen) atoms. The fourth-order valence-corrected chi connectivity index (χ4v) is 2.42. The number of nitrogens with one attached hydrogen (secondary N) is 1. The Morgan fingerprint density at radius 3 is 2.78 bits per heavy atom. The number of hydrogen-bond acceptors (Lipinski definition) is 5. The van der Waals surface area contributed by atoms with Crippen LogP contribution in [0.3, 0.4) is 0 Å². The van der Waals surface area contributed by atoms with Crippen LogP contribution in [0, 0.1) is 13.8 Å². The first kappa shape index (κ1) is 15.0. The number of anilines is 1. The van der Waals surface area contributed by atoms with Gasteiger partial charge < -0.3 is 9.73 Å². The van der Waals surface area contributed by atoms with Crippen molar-refractivity contribution in [1.29, 1.82) is 0 Å². The zero-order chi connectivity index (χ0) is 16.4. The van der Waals surface area contributed by atoms with Crippen LogP contribution in [0.25, 0.3) is 5.69 Å². The van der Waals surface area contributed by atoms with E-state index < -0.39 is 0 Å². The Kier molecular flexibility index (Phi) is 3.92. The van der Waals surface area contributed by atoms with E-state index in [1.54, 1.807) is 17.7 Å². The Morgan fingerprint density at radius 2 is 2.09 bits per heavy atom. The van der Waals surface area contributed by atoms with Gasteiger partial charge in [-0.05, 0) is 42.5 Å². The second-order valence-corrected chi connectivity index (χ2v) is 5.16. The molecule has 0 aliphatic heterocycles. The van der Waals surface area contributed by atoms with E-state index in [2.05, 4.69) is 20.8 Å². The minimum absolute atomic E-state index is 0.224. The molecule has 0 spiro atoms. The Hall–Kier alpha value is -2.96. The van der Waals surface area contributed by atoms with Crippen molar-refractivity contribution in [3.8, 4) is 5.69 Å². The lowest BCUT2D eigenvalue weighted by Crippen LogP contribution is -2.15. The first-order valence-electron chi connectivity index (χ1n) is 7.35. The number of aryl methyl sites for hydroxylation is 3. The first-order chi connectivity index (χ1) is 11.1. The van der Waals surface area contributed by atoms with Crippen LogP contribution < -0.4 is 5.32 Å². The van der Waals surface area contributed by atoms with Crippen molar-refractivity contribution in [2.75, 3.05) is 5.32 Å². The molecule has 3 aromatic rings. The van der Waals surface area contributed by atoms with Crippen LogP contribution in [0.5, 0.6) is 0 Å². The molecule has 0 fully saturated rings. The van der Waals surface area contributed by atoms with Gasteiger partial charge in [0.25, 0.3) is 5.91 Å². The molecule has 7 nitrogen and oxygen atoms in total. The van der Waals surface area contributed by atoms with Crippen molar-refractivity contribution in [3.63, 3.8) is 0 Å². The largest absolute Gasteiger partial charge is 0.466 e. The highest BCUT2D eigenvalue weighted by atomic mass is 16.3. The van der Waals surface area contributed by atoms with Crippen LogP contribution in [-0.4, -0.2) is 26.1 Å². The minimum atomic E-state index is -0.224. The van der Waals surface area contributed by atoms with Crippen LogP contribution in [0.2, 0.25) is 0 Å². The first-order valence-corrected chi connectivity index (χ1v) is 7.35. The smallest absolute Gasteiger partial charge is 0.259 e. The quantitative estimate of drug-likeness (QED) is 0.800. The van der Waals surface area contributed by atoms with Crippen LogP contribution in [0.4, 0.5) is 5.69 Å². The predicted molar refractivity (Wildman–Crippen MR) is 84.7 cm³/mol. The van der Waals surface area contributed by atoms with Crippen LogP contribution in [0.15, 0.2) is 34.7 Å². The van der Waals surface area contributed by atoms with E-state index in [0.29, 0.717) is 29.2 Å². The number of nitrogens with zero attached hydrogens (tertiary/aromatic N) is 4. The SMILES string of the molecule is CCc1nnnn1-c1ccccc1NC(=O)c1cc(C)oc1C. The number of carbonyl (C=O) groups is 1. The summed E-state index contributed by atoms with van der Waals surface area (Å²) < 4.78 is 7.04. The standard InChI is InChI=1S/C16H17N5O2/c1-4-15-18-19-20-21(15)14-8-6-5-7-13(14)17-16(22)12-9-10(2)23-11(12)3/h5-9H,4H2,1-3H3,(H,17,22). The van der Waals surface area contributed by atoms with Gasteiger partial charge in [0.15, 0.2) is 5.82 Å². The Bertz CT molecular complexity index is 850. The van der Waals surface area contributed by atoms with Gasteiger partial charge in [-0.25, -0.2) is 0 Å². The van der Waals surface area contributed by atoms with E-state index in [-0.39, 0.29) is 5.91 Å². The summed E-state index contributed by atoms with van der Waals surface area (Å²) in [7, 11) is 0. The Balaban J connectivity index is 1.95. The van der Waals surface area contributed by atoms with Gasteiger partial charge in [-0.15, -0.1) is 5.10 Å². The van der Waals surface area contributed by atoms with Crippen molar-refractivity contribution < 1.29 is 9.21 Å². The summed E-state index contributed by atoms with van der Waals surface area (Å²) in [6.45, 7) is 5.55. The molecule has 0 atom stereocenters. The van der Waals surface area contributed by atoms with E-state index in [0.717, 1.165) is 11.5 Å². The lowest BCUT2D eigenvalue weighted by molar-refractivity contribution is 0.102. The molecular weight excluding hydrogens is 294 g/mol. The molecule has 0 saturated heterocycles. The summed E-state index contributed by atoms with van der Waals surface area (Å²) in [5.41, 5.74) is 1.88. The molecule has 0 aliphatic carbocycles. The summed E-state index contributed by atoms with van der Waals surface area (Å²) in [6.07, 6.45) is 0.690. The summed E-state index contributed by atoms with van der Waals surface area (Å²) in [4.78, 5) is 12.5.